The van der Waals surface area contributed by atoms with E-state index in [2.05, 4.69) is 0 Å². The number of nitrogens with zero attached hydrogens (tertiary/aromatic N) is 1. The van der Waals surface area contributed by atoms with E-state index in [-0.39, 0.29) is 5.91 Å². The van der Waals surface area contributed by atoms with Crippen molar-refractivity contribution in [1.82, 2.24) is 4.90 Å². The van der Waals surface area contributed by atoms with Gasteiger partial charge < -0.3 is 4.90 Å². The van der Waals surface area contributed by atoms with E-state index in [1.54, 1.807) is 0 Å². The molecular formula is C8H17NO3S. The molecule has 0 spiro atoms. The Morgan fingerprint density at radius 2 is 1.69 bits per heavy atom. The van der Waals surface area contributed by atoms with E-state index in [4.69, 9.17) is 0 Å². The number of sulfone groups is 1. The summed E-state index contributed by atoms with van der Waals surface area (Å²) in [6.07, 6.45) is 1.08. The van der Waals surface area contributed by atoms with Crippen LogP contribution in [0.4, 0.5) is 0 Å². The van der Waals surface area contributed by atoms with Crippen LogP contribution in [0.5, 0.6) is 0 Å². The van der Waals surface area contributed by atoms with Crippen molar-refractivity contribution in [3.8, 4) is 0 Å². The molecular weight excluding hydrogens is 190 g/mol. The van der Waals surface area contributed by atoms with Crippen LogP contribution in [0.15, 0.2) is 0 Å². The molecule has 0 saturated carbocycles. The molecule has 0 aliphatic heterocycles. The molecule has 0 aliphatic carbocycles. The topological polar surface area (TPSA) is 54.5 Å². The largest absolute Gasteiger partial charge is 0.342 e. The summed E-state index contributed by atoms with van der Waals surface area (Å²) in [7, 11) is -3.26. The van der Waals surface area contributed by atoms with E-state index in [1.165, 1.54) is 11.8 Å². The van der Waals surface area contributed by atoms with Crippen LogP contribution in [0.1, 0.15) is 20.8 Å². The van der Waals surface area contributed by atoms with Crippen LogP contribution in [-0.2, 0) is 14.6 Å². The Labute approximate surface area is 79.8 Å². The summed E-state index contributed by atoms with van der Waals surface area (Å²) in [6.45, 7) is 6.19. The number of amides is 1. The first kappa shape index (κ1) is 12.4. The average molecular weight is 207 g/mol. The molecule has 1 unspecified atom stereocenters. The van der Waals surface area contributed by atoms with Gasteiger partial charge in [-0.25, -0.2) is 8.42 Å². The highest BCUT2D eigenvalue weighted by Gasteiger charge is 2.26. The molecule has 0 aromatic carbocycles. The highest BCUT2D eigenvalue weighted by atomic mass is 32.2. The zero-order valence-corrected chi connectivity index (χ0v) is 9.39. The fraction of sp³-hybridized carbons (Fsp3) is 0.875. The Kier molecular flexibility index (Phi) is 4.39. The van der Waals surface area contributed by atoms with Gasteiger partial charge in [0, 0.05) is 19.3 Å². The Morgan fingerprint density at radius 1 is 1.31 bits per heavy atom. The number of carbonyl (C=O) groups excluding carboxylic acids is 1. The molecule has 0 saturated heterocycles. The first-order chi connectivity index (χ1) is 5.84. The van der Waals surface area contributed by atoms with E-state index in [0.717, 1.165) is 6.26 Å². The monoisotopic (exact) mass is 207 g/mol. The van der Waals surface area contributed by atoms with Gasteiger partial charge in [-0.1, -0.05) is 0 Å². The Balaban J connectivity index is 4.60. The molecule has 0 aromatic heterocycles. The fourth-order valence-corrected chi connectivity index (χ4v) is 1.49. The van der Waals surface area contributed by atoms with Crippen molar-refractivity contribution in [3.05, 3.63) is 0 Å². The Hall–Kier alpha value is -0.580. The molecule has 0 N–H and O–H groups in total. The number of hydrogen-bond donors (Lipinski definition) is 0. The van der Waals surface area contributed by atoms with Crippen LogP contribution in [-0.4, -0.2) is 43.8 Å². The van der Waals surface area contributed by atoms with Gasteiger partial charge in [0.15, 0.2) is 9.84 Å². The van der Waals surface area contributed by atoms with Gasteiger partial charge in [0.2, 0.25) is 5.91 Å². The standard InChI is InChI=1S/C8H17NO3S/c1-5-9(6-2)8(10)7(3)13(4,11)12/h7H,5-6H2,1-4H3. The lowest BCUT2D eigenvalue weighted by atomic mass is 10.4. The summed E-state index contributed by atoms with van der Waals surface area (Å²) < 4.78 is 22.1. The first-order valence-electron chi connectivity index (χ1n) is 4.32. The third-order valence-corrected chi connectivity index (χ3v) is 3.55. The molecule has 13 heavy (non-hydrogen) atoms. The molecule has 0 heterocycles. The number of carbonyl (C=O) groups is 1. The minimum Gasteiger partial charge on any atom is -0.342 e. The van der Waals surface area contributed by atoms with Gasteiger partial charge in [-0.05, 0) is 20.8 Å². The van der Waals surface area contributed by atoms with Crippen molar-refractivity contribution in [2.45, 2.75) is 26.0 Å². The zero-order valence-electron chi connectivity index (χ0n) is 8.57. The van der Waals surface area contributed by atoms with Gasteiger partial charge in [-0.15, -0.1) is 0 Å². The molecule has 1 atom stereocenters. The highest BCUT2D eigenvalue weighted by molar-refractivity contribution is 7.92. The quantitative estimate of drug-likeness (QED) is 0.665. The molecule has 78 valence electrons. The minimum atomic E-state index is -3.26. The van der Waals surface area contributed by atoms with Crippen LogP contribution in [0, 0.1) is 0 Å². The van der Waals surface area contributed by atoms with E-state index in [9.17, 15) is 13.2 Å². The maximum atomic E-state index is 11.5. The second-order valence-corrected chi connectivity index (χ2v) is 5.35. The van der Waals surface area contributed by atoms with Gasteiger partial charge in [-0.3, -0.25) is 4.79 Å². The molecule has 0 bridgehead atoms. The third kappa shape index (κ3) is 3.34. The van der Waals surface area contributed by atoms with Crippen LogP contribution < -0.4 is 0 Å². The van der Waals surface area contributed by atoms with Crippen LogP contribution >= 0.6 is 0 Å². The summed E-state index contributed by atoms with van der Waals surface area (Å²) in [5, 5.41) is -0.924. The number of rotatable bonds is 4. The molecule has 0 radical (unpaired) electrons. The lowest BCUT2D eigenvalue weighted by Crippen LogP contribution is -2.40. The molecule has 0 aliphatic rings. The summed E-state index contributed by atoms with van der Waals surface area (Å²) >= 11 is 0. The minimum absolute atomic E-state index is 0.312. The second-order valence-electron chi connectivity index (χ2n) is 2.98. The summed E-state index contributed by atoms with van der Waals surface area (Å²) in [5.41, 5.74) is 0. The van der Waals surface area contributed by atoms with Gasteiger partial charge in [0.05, 0.1) is 0 Å². The SMILES string of the molecule is CCN(CC)C(=O)C(C)S(C)(=O)=O. The first-order valence-corrected chi connectivity index (χ1v) is 6.27. The maximum Gasteiger partial charge on any atom is 0.240 e. The van der Waals surface area contributed by atoms with Gasteiger partial charge >= 0.3 is 0 Å². The van der Waals surface area contributed by atoms with Crippen LogP contribution in [0.3, 0.4) is 0 Å². The van der Waals surface area contributed by atoms with Crippen molar-refractivity contribution in [3.63, 3.8) is 0 Å². The van der Waals surface area contributed by atoms with Crippen molar-refractivity contribution >= 4 is 15.7 Å². The third-order valence-electron chi connectivity index (χ3n) is 2.07. The molecule has 4 nitrogen and oxygen atoms in total. The smallest absolute Gasteiger partial charge is 0.240 e. The van der Waals surface area contributed by atoms with Crippen molar-refractivity contribution in [2.24, 2.45) is 0 Å². The molecule has 0 fully saturated rings. The molecule has 5 heteroatoms. The van der Waals surface area contributed by atoms with Crippen LogP contribution in [0.25, 0.3) is 0 Å². The molecule has 0 rings (SSSR count). The van der Waals surface area contributed by atoms with Crippen LogP contribution in [0.2, 0.25) is 0 Å². The predicted molar refractivity (Wildman–Crippen MR) is 52.2 cm³/mol. The van der Waals surface area contributed by atoms with Crippen molar-refractivity contribution < 1.29 is 13.2 Å². The zero-order chi connectivity index (χ0) is 10.6. The van der Waals surface area contributed by atoms with Gasteiger partial charge in [0.25, 0.3) is 0 Å². The summed E-state index contributed by atoms with van der Waals surface area (Å²) in [5.74, 6) is -0.312. The second kappa shape index (κ2) is 4.60. The van der Waals surface area contributed by atoms with Crippen molar-refractivity contribution in [2.75, 3.05) is 19.3 Å². The maximum absolute atomic E-state index is 11.5. The lowest BCUT2D eigenvalue weighted by molar-refractivity contribution is -0.130. The highest BCUT2D eigenvalue weighted by Crippen LogP contribution is 2.03. The summed E-state index contributed by atoms with van der Waals surface area (Å²) in [6, 6.07) is 0. The van der Waals surface area contributed by atoms with E-state index < -0.39 is 15.1 Å². The number of hydrogen-bond acceptors (Lipinski definition) is 3. The lowest BCUT2D eigenvalue weighted by Gasteiger charge is -2.21. The van der Waals surface area contributed by atoms with Gasteiger partial charge in [0.1, 0.15) is 5.25 Å². The average Bonchev–Trinajstić information content (AvgIpc) is 2.03. The predicted octanol–water partition coefficient (Wildman–Crippen LogP) is 0.288. The van der Waals surface area contributed by atoms with Crippen molar-refractivity contribution in [1.29, 1.82) is 0 Å². The van der Waals surface area contributed by atoms with E-state index in [0.29, 0.717) is 13.1 Å². The Morgan fingerprint density at radius 3 is 1.92 bits per heavy atom. The van der Waals surface area contributed by atoms with E-state index >= 15 is 0 Å². The fourth-order valence-electron chi connectivity index (χ4n) is 0.976. The molecule has 1 amide bonds. The van der Waals surface area contributed by atoms with Gasteiger partial charge in [-0.2, -0.15) is 0 Å². The Bertz CT molecular complexity index is 267. The molecule has 0 aromatic rings. The van der Waals surface area contributed by atoms with E-state index in [1.807, 2.05) is 13.8 Å². The normalized spacial score (nSPS) is 13.8. The summed E-state index contributed by atoms with van der Waals surface area (Å²) in [4.78, 5) is 13.0.